The number of nitrogens with zero attached hydrogens (tertiary/aromatic N) is 1. The number of aromatic nitrogens is 1. The topological polar surface area (TPSA) is 104 Å². The third kappa shape index (κ3) is 4.24. The zero-order valence-electron chi connectivity index (χ0n) is 11.9. The normalized spacial score (nSPS) is 21.8. The third-order valence-electron chi connectivity index (χ3n) is 3.28. The van der Waals surface area contributed by atoms with E-state index in [4.69, 9.17) is 15.2 Å². The fourth-order valence-corrected chi connectivity index (χ4v) is 2.19. The van der Waals surface area contributed by atoms with Crippen LogP contribution >= 0.6 is 0 Å². The van der Waals surface area contributed by atoms with Gasteiger partial charge in [-0.25, -0.2) is 0 Å². The lowest BCUT2D eigenvalue weighted by Gasteiger charge is -2.31. The van der Waals surface area contributed by atoms with E-state index in [0.29, 0.717) is 25.3 Å². The first-order valence-electron chi connectivity index (χ1n) is 6.78. The highest BCUT2D eigenvalue weighted by molar-refractivity contribution is 5.93. The molecular formula is C14H19N3O4. The highest BCUT2D eigenvalue weighted by atomic mass is 16.5. The molecule has 0 spiro atoms. The van der Waals surface area contributed by atoms with Crippen LogP contribution in [0, 0.1) is 6.92 Å². The number of hydrogen-bond donors (Lipinski definition) is 2. The number of hydrogen-bond acceptors (Lipinski definition) is 5. The van der Waals surface area contributed by atoms with E-state index in [0.717, 1.165) is 5.56 Å². The lowest BCUT2D eigenvalue weighted by atomic mass is 10.1. The van der Waals surface area contributed by atoms with Gasteiger partial charge in [0.25, 0.3) is 5.91 Å². The minimum Gasteiger partial charge on any atom is -0.379 e. The van der Waals surface area contributed by atoms with Crippen molar-refractivity contribution in [1.82, 2.24) is 10.3 Å². The maximum absolute atomic E-state index is 12.3. The largest absolute Gasteiger partial charge is 0.379 e. The maximum Gasteiger partial charge on any atom is 0.270 e. The van der Waals surface area contributed by atoms with Gasteiger partial charge in [0.05, 0.1) is 12.6 Å². The first kappa shape index (κ1) is 15.4. The molecule has 114 valence electrons. The number of carbonyl (C=O) groups is 2. The summed E-state index contributed by atoms with van der Waals surface area (Å²) >= 11 is 0. The van der Waals surface area contributed by atoms with Crippen molar-refractivity contribution in [3.63, 3.8) is 0 Å². The third-order valence-corrected chi connectivity index (χ3v) is 3.28. The van der Waals surface area contributed by atoms with Crippen molar-refractivity contribution in [3.8, 4) is 0 Å². The first-order chi connectivity index (χ1) is 10.1. The number of primary amides is 1. The van der Waals surface area contributed by atoms with Crippen molar-refractivity contribution >= 4 is 11.8 Å². The van der Waals surface area contributed by atoms with Crippen LogP contribution in [0.15, 0.2) is 18.3 Å². The van der Waals surface area contributed by atoms with E-state index >= 15 is 0 Å². The monoisotopic (exact) mass is 293 g/mol. The summed E-state index contributed by atoms with van der Waals surface area (Å²) in [4.78, 5) is 27.1. The summed E-state index contributed by atoms with van der Waals surface area (Å²) in [6.07, 6.45) is 1.80. The van der Waals surface area contributed by atoms with Gasteiger partial charge in [-0.1, -0.05) is 6.07 Å². The maximum atomic E-state index is 12.3. The number of pyridine rings is 1. The molecule has 2 amide bonds. The van der Waals surface area contributed by atoms with Crippen LogP contribution in [0.3, 0.4) is 0 Å². The Morgan fingerprint density at radius 2 is 2.38 bits per heavy atom. The molecule has 0 aliphatic carbocycles. The Bertz CT molecular complexity index is 521. The second-order valence-corrected chi connectivity index (χ2v) is 4.93. The molecule has 0 aromatic carbocycles. The van der Waals surface area contributed by atoms with E-state index in [1.54, 1.807) is 12.3 Å². The second-order valence-electron chi connectivity index (χ2n) is 4.93. The number of nitrogens with two attached hydrogens (primary N) is 1. The molecule has 7 nitrogen and oxygen atoms in total. The average molecular weight is 293 g/mol. The molecule has 2 rings (SSSR count). The molecule has 1 aromatic heterocycles. The molecule has 0 radical (unpaired) electrons. The Morgan fingerprint density at radius 3 is 3.10 bits per heavy atom. The Kier molecular flexibility index (Phi) is 5.24. The zero-order valence-corrected chi connectivity index (χ0v) is 11.9. The molecule has 1 aliphatic heterocycles. The minimum atomic E-state index is -0.550. The van der Waals surface area contributed by atoms with Crippen LogP contribution in [-0.2, 0) is 14.3 Å². The van der Waals surface area contributed by atoms with E-state index in [9.17, 15) is 9.59 Å². The summed E-state index contributed by atoms with van der Waals surface area (Å²) in [5.41, 5.74) is 6.25. The number of aryl methyl sites for hydroxylation is 1. The lowest BCUT2D eigenvalue weighted by Crippen LogP contribution is -2.50. The van der Waals surface area contributed by atoms with Crippen LogP contribution in [0.1, 0.15) is 22.5 Å². The van der Waals surface area contributed by atoms with Crippen molar-refractivity contribution in [3.05, 3.63) is 29.6 Å². The fourth-order valence-electron chi connectivity index (χ4n) is 2.19. The Labute approximate surface area is 122 Å². The van der Waals surface area contributed by atoms with E-state index in [2.05, 4.69) is 10.3 Å². The lowest BCUT2D eigenvalue weighted by molar-refractivity contribution is -0.129. The molecule has 7 heteroatoms. The van der Waals surface area contributed by atoms with E-state index in [-0.39, 0.29) is 24.7 Å². The van der Waals surface area contributed by atoms with Crippen molar-refractivity contribution in [1.29, 1.82) is 0 Å². The predicted octanol–water partition coefficient (Wildman–Crippen LogP) is -0.221. The van der Waals surface area contributed by atoms with Gasteiger partial charge in [0.1, 0.15) is 18.4 Å². The summed E-state index contributed by atoms with van der Waals surface area (Å²) in [5, 5.41) is 2.89. The molecule has 1 fully saturated rings. The van der Waals surface area contributed by atoms with Gasteiger partial charge >= 0.3 is 0 Å². The highest BCUT2D eigenvalue weighted by Gasteiger charge is 2.29. The molecular weight excluding hydrogens is 274 g/mol. The molecule has 3 N–H and O–H groups in total. The Hall–Kier alpha value is -1.99. The number of carbonyl (C=O) groups excluding carboxylic acids is 2. The van der Waals surface area contributed by atoms with Crippen molar-refractivity contribution < 1.29 is 19.1 Å². The molecule has 0 bridgehead atoms. The molecule has 2 heterocycles. The molecule has 1 aromatic rings. The van der Waals surface area contributed by atoms with Crippen molar-refractivity contribution in [2.75, 3.05) is 19.8 Å². The molecule has 1 aliphatic rings. The molecule has 1 saturated heterocycles. The van der Waals surface area contributed by atoms with Gasteiger partial charge < -0.3 is 20.5 Å². The van der Waals surface area contributed by atoms with Gasteiger partial charge in [-0.3, -0.25) is 14.6 Å². The van der Waals surface area contributed by atoms with Crippen LogP contribution in [0.2, 0.25) is 0 Å². The molecule has 21 heavy (non-hydrogen) atoms. The number of nitrogens with one attached hydrogen (secondary N) is 1. The van der Waals surface area contributed by atoms with Crippen LogP contribution in [0.4, 0.5) is 0 Å². The van der Waals surface area contributed by atoms with Gasteiger partial charge in [0, 0.05) is 12.8 Å². The summed E-state index contributed by atoms with van der Waals surface area (Å²) < 4.78 is 10.7. The fraction of sp³-hybridized carbons (Fsp3) is 0.500. The number of ether oxygens (including phenoxy) is 2. The van der Waals surface area contributed by atoms with E-state index in [1.807, 2.05) is 13.0 Å². The molecule has 0 unspecified atom stereocenters. The van der Waals surface area contributed by atoms with E-state index < -0.39 is 5.91 Å². The summed E-state index contributed by atoms with van der Waals surface area (Å²) in [5.74, 6) is -0.807. The SMILES string of the molecule is Cc1cccnc1C(=O)N[C@@H]1CCOC[C@H]1OCC(N)=O. The first-order valence-corrected chi connectivity index (χ1v) is 6.78. The molecule has 0 saturated carbocycles. The van der Waals surface area contributed by atoms with Crippen LogP contribution < -0.4 is 11.1 Å². The van der Waals surface area contributed by atoms with Crippen LogP contribution in [-0.4, -0.2) is 48.8 Å². The van der Waals surface area contributed by atoms with Crippen molar-refractivity contribution in [2.45, 2.75) is 25.5 Å². The van der Waals surface area contributed by atoms with Gasteiger partial charge in [-0.15, -0.1) is 0 Å². The Morgan fingerprint density at radius 1 is 1.57 bits per heavy atom. The van der Waals surface area contributed by atoms with Crippen molar-refractivity contribution in [2.24, 2.45) is 5.73 Å². The van der Waals surface area contributed by atoms with E-state index in [1.165, 1.54) is 0 Å². The summed E-state index contributed by atoms with van der Waals surface area (Å²) in [6.45, 7) is 2.48. The predicted molar refractivity (Wildman–Crippen MR) is 74.6 cm³/mol. The van der Waals surface area contributed by atoms with Gasteiger partial charge in [-0.2, -0.15) is 0 Å². The quantitative estimate of drug-likeness (QED) is 0.781. The standard InChI is InChI=1S/C14H19N3O4/c1-9-3-2-5-16-13(9)14(19)17-10-4-6-20-7-11(10)21-8-12(15)18/h2-3,5,10-11H,4,6-8H2,1H3,(H2,15,18)(H,17,19)/t10-,11-/m1/s1. The number of amides is 2. The summed E-state index contributed by atoms with van der Waals surface area (Å²) in [6, 6.07) is 3.37. The summed E-state index contributed by atoms with van der Waals surface area (Å²) in [7, 11) is 0. The smallest absolute Gasteiger partial charge is 0.270 e. The number of rotatable bonds is 5. The second kappa shape index (κ2) is 7.14. The zero-order chi connectivity index (χ0) is 15.2. The molecule has 2 atom stereocenters. The van der Waals surface area contributed by atoms with Crippen LogP contribution in [0.25, 0.3) is 0 Å². The van der Waals surface area contributed by atoms with Gasteiger partial charge in [-0.05, 0) is 25.0 Å². The average Bonchev–Trinajstić information content (AvgIpc) is 2.46. The van der Waals surface area contributed by atoms with Gasteiger partial charge in [0.2, 0.25) is 5.91 Å². The minimum absolute atomic E-state index is 0.191. The highest BCUT2D eigenvalue weighted by Crippen LogP contribution is 2.13. The van der Waals surface area contributed by atoms with Gasteiger partial charge in [0.15, 0.2) is 0 Å². The Balaban J connectivity index is 2.00. The van der Waals surface area contributed by atoms with Crippen LogP contribution in [0.5, 0.6) is 0 Å².